The summed E-state index contributed by atoms with van der Waals surface area (Å²) in [4.78, 5) is 0. The second-order valence-electron chi connectivity index (χ2n) is 7.29. The number of rotatable bonds is 4. The van der Waals surface area contributed by atoms with Crippen molar-refractivity contribution < 1.29 is 5.11 Å². The summed E-state index contributed by atoms with van der Waals surface area (Å²) < 4.78 is 0. The highest BCUT2D eigenvalue weighted by Crippen LogP contribution is 2.41. The fourth-order valence-corrected chi connectivity index (χ4v) is 3.14. The van der Waals surface area contributed by atoms with Crippen LogP contribution in [0.4, 0.5) is 0 Å². The average Bonchev–Trinajstić information content (AvgIpc) is 2.27. The van der Waals surface area contributed by atoms with Crippen molar-refractivity contribution in [2.45, 2.75) is 79.2 Å². The predicted octanol–water partition coefficient (Wildman–Crippen LogP) is 4.64. The van der Waals surface area contributed by atoms with Gasteiger partial charge in [0.1, 0.15) is 0 Å². The summed E-state index contributed by atoms with van der Waals surface area (Å²) in [5.74, 6) is 2.10. The van der Waals surface area contributed by atoms with Gasteiger partial charge in [0.2, 0.25) is 0 Å². The van der Waals surface area contributed by atoms with Gasteiger partial charge in [-0.25, -0.2) is 0 Å². The maximum Gasteiger partial charge on any atom is 0.0570 e. The van der Waals surface area contributed by atoms with Crippen molar-refractivity contribution in [2.75, 3.05) is 0 Å². The van der Waals surface area contributed by atoms with E-state index < -0.39 is 0 Å². The van der Waals surface area contributed by atoms with Crippen LogP contribution in [0.2, 0.25) is 0 Å². The van der Waals surface area contributed by atoms with Crippen LogP contribution in [0.3, 0.4) is 0 Å². The molecule has 0 aromatic carbocycles. The Labute approximate surface area is 108 Å². The SMILES string of the molecule is CCC(C)CC(O)C1CCC(C(C)(C)C)CC1. The molecule has 1 heteroatoms. The molecule has 1 rings (SSSR count). The van der Waals surface area contributed by atoms with Crippen LogP contribution in [0.5, 0.6) is 0 Å². The molecular formula is C16H32O. The molecule has 1 aliphatic rings. The van der Waals surface area contributed by atoms with Gasteiger partial charge in [-0.05, 0) is 55.3 Å². The number of aliphatic hydroxyl groups is 1. The lowest BCUT2D eigenvalue weighted by atomic mass is 9.68. The number of hydrogen-bond acceptors (Lipinski definition) is 1. The molecule has 1 nitrogen and oxygen atoms in total. The van der Waals surface area contributed by atoms with Crippen LogP contribution in [0.1, 0.15) is 73.1 Å². The van der Waals surface area contributed by atoms with Crippen molar-refractivity contribution in [2.24, 2.45) is 23.2 Å². The molecule has 1 fully saturated rings. The topological polar surface area (TPSA) is 20.2 Å². The molecule has 102 valence electrons. The van der Waals surface area contributed by atoms with Gasteiger partial charge < -0.3 is 5.11 Å². The summed E-state index contributed by atoms with van der Waals surface area (Å²) in [6.45, 7) is 11.5. The molecule has 1 saturated carbocycles. The normalized spacial score (nSPS) is 30.0. The third-order valence-electron chi connectivity index (χ3n) is 4.88. The zero-order valence-corrected chi connectivity index (χ0v) is 12.5. The summed E-state index contributed by atoms with van der Waals surface area (Å²) in [5, 5.41) is 10.3. The van der Waals surface area contributed by atoms with Crippen molar-refractivity contribution in [3.8, 4) is 0 Å². The van der Waals surface area contributed by atoms with Crippen LogP contribution in [0.15, 0.2) is 0 Å². The van der Waals surface area contributed by atoms with E-state index in [-0.39, 0.29) is 6.10 Å². The maximum atomic E-state index is 10.3. The average molecular weight is 240 g/mol. The first-order valence-electron chi connectivity index (χ1n) is 7.52. The first-order valence-corrected chi connectivity index (χ1v) is 7.52. The van der Waals surface area contributed by atoms with Gasteiger partial charge in [0.05, 0.1) is 6.10 Å². The second kappa shape index (κ2) is 6.22. The third kappa shape index (κ3) is 4.62. The fraction of sp³-hybridized carbons (Fsp3) is 1.00. The largest absolute Gasteiger partial charge is 0.393 e. The molecule has 2 atom stereocenters. The minimum Gasteiger partial charge on any atom is -0.393 e. The van der Waals surface area contributed by atoms with Gasteiger partial charge in [0.25, 0.3) is 0 Å². The van der Waals surface area contributed by atoms with E-state index in [0.717, 1.165) is 12.3 Å². The van der Waals surface area contributed by atoms with E-state index >= 15 is 0 Å². The molecule has 0 heterocycles. The molecule has 0 radical (unpaired) electrons. The van der Waals surface area contributed by atoms with Crippen LogP contribution in [0, 0.1) is 23.2 Å². The predicted molar refractivity (Wildman–Crippen MR) is 75.0 cm³/mol. The Balaban J connectivity index is 2.36. The van der Waals surface area contributed by atoms with E-state index in [1.54, 1.807) is 0 Å². The summed E-state index contributed by atoms with van der Waals surface area (Å²) >= 11 is 0. The van der Waals surface area contributed by atoms with Crippen LogP contribution >= 0.6 is 0 Å². The van der Waals surface area contributed by atoms with E-state index in [1.807, 2.05) is 0 Å². The van der Waals surface area contributed by atoms with Crippen LogP contribution in [-0.2, 0) is 0 Å². The molecule has 0 aromatic rings. The first-order chi connectivity index (χ1) is 7.84. The molecular weight excluding hydrogens is 208 g/mol. The summed E-state index contributed by atoms with van der Waals surface area (Å²) in [7, 11) is 0. The van der Waals surface area contributed by atoms with Gasteiger partial charge in [-0.3, -0.25) is 0 Å². The Morgan fingerprint density at radius 2 is 1.65 bits per heavy atom. The van der Waals surface area contributed by atoms with Crippen molar-refractivity contribution >= 4 is 0 Å². The highest BCUT2D eigenvalue weighted by atomic mass is 16.3. The quantitative estimate of drug-likeness (QED) is 0.759. The molecule has 1 aliphatic carbocycles. The van der Waals surface area contributed by atoms with Crippen molar-refractivity contribution in [3.05, 3.63) is 0 Å². The van der Waals surface area contributed by atoms with Gasteiger partial charge in [-0.2, -0.15) is 0 Å². The van der Waals surface area contributed by atoms with Gasteiger partial charge >= 0.3 is 0 Å². The summed E-state index contributed by atoms with van der Waals surface area (Å²) in [5.41, 5.74) is 0.451. The van der Waals surface area contributed by atoms with Crippen molar-refractivity contribution in [1.29, 1.82) is 0 Å². The summed E-state index contributed by atoms with van der Waals surface area (Å²) in [6, 6.07) is 0. The van der Waals surface area contributed by atoms with E-state index in [2.05, 4.69) is 34.6 Å². The standard InChI is InChI=1S/C16H32O/c1-6-12(2)11-15(17)13-7-9-14(10-8-13)16(3,4)5/h12-15,17H,6-11H2,1-5H3. The van der Waals surface area contributed by atoms with Gasteiger partial charge in [-0.1, -0.05) is 41.0 Å². The first kappa shape index (κ1) is 15.0. The summed E-state index contributed by atoms with van der Waals surface area (Å²) in [6.07, 6.45) is 7.23. The molecule has 17 heavy (non-hydrogen) atoms. The minimum absolute atomic E-state index is 0.0501. The molecule has 1 N–H and O–H groups in total. The Morgan fingerprint density at radius 3 is 2.06 bits per heavy atom. The Bertz CT molecular complexity index is 208. The highest BCUT2D eigenvalue weighted by molar-refractivity contribution is 4.83. The molecule has 0 bridgehead atoms. The van der Waals surface area contributed by atoms with Gasteiger partial charge in [-0.15, -0.1) is 0 Å². The molecule has 2 unspecified atom stereocenters. The molecule has 0 saturated heterocycles. The molecule has 0 aliphatic heterocycles. The van der Waals surface area contributed by atoms with E-state index in [1.165, 1.54) is 32.1 Å². The number of aliphatic hydroxyl groups excluding tert-OH is 1. The monoisotopic (exact) mass is 240 g/mol. The Kier molecular flexibility index (Phi) is 5.50. The number of hydrogen-bond donors (Lipinski definition) is 1. The zero-order valence-electron chi connectivity index (χ0n) is 12.5. The maximum absolute atomic E-state index is 10.3. The van der Waals surface area contributed by atoms with E-state index in [0.29, 0.717) is 17.3 Å². The molecule has 0 amide bonds. The highest BCUT2D eigenvalue weighted by Gasteiger charge is 2.32. The van der Waals surface area contributed by atoms with Crippen LogP contribution in [-0.4, -0.2) is 11.2 Å². The zero-order chi connectivity index (χ0) is 13.1. The van der Waals surface area contributed by atoms with Crippen molar-refractivity contribution in [1.82, 2.24) is 0 Å². The lowest BCUT2D eigenvalue weighted by molar-refractivity contribution is 0.0388. The van der Waals surface area contributed by atoms with Gasteiger partial charge in [0.15, 0.2) is 0 Å². The Morgan fingerprint density at radius 1 is 1.12 bits per heavy atom. The minimum atomic E-state index is -0.0501. The smallest absolute Gasteiger partial charge is 0.0570 e. The molecule has 0 aromatic heterocycles. The van der Waals surface area contributed by atoms with E-state index in [9.17, 15) is 5.11 Å². The van der Waals surface area contributed by atoms with E-state index in [4.69, 9.17) is 0 Å². The Hall–Kier alpha value is -0.0400. The van der Waals surface area contributed by atoms with Crippen LogP contribution < -0.4 is 0 Å². The van der Waals surface area contributed by atoms with Gasteiger partial charge in [0, 0.05) is 0 Å². The van der Waals surface area contributed by atoms with Crippen molar-refractivity contribution in [3.63, 3.8) is 0 Å². The van der Waals surface area contributed by atoms with Crippen LogP contribution in [0.25, 0.3) is 0 Å². The third-order valence-corrected chi connectivity index (χ3v) is 4.88. The lowest BCUT2D eigenvalue weighted by Gasteiger charge is -2.38. The fourth-order valence-electron chi connectivity index (χ4n) is 3.14. The second-order valence-corrected chi connectivity index (χ2v) is 7.29. The molecule has 0 spiro atoms. The lowest BCUT2D eigenvalue weighted by Crippen LogP contribution is -2.31.